The van der Waals surface area contributed by atoms with Gasteiger partial charge in [0.25, 0.3) is 0 Å². The average molecular weight is 388 g/mol. The van der Waals surface area contributed by atoms with Crippen molar-refractivity contribution in [2.75, 3.05) is 17.7 Å². The van der Waals surface area contributed by atoms with Crippen molar-refractivity contribution in [2.45, 2.75) is 56.1 Å². The minimum atomic E-state index is -0.0683. The number of anilines is 1. The first kappa shape index (κ1) is 18.3. The van der Waals surface area contributed by atoms with E-state index in [-0.39, 0.29) is 11.7 Å². The van der Waals surface area contributed by atoms with E-state index in [1.807, 2.05) is 28.9 Å². The van der Waals surface area contributed by atoms with Crippen LogP contribution in [-0.4, -0.2) is 38.5 Å². The molecule has 1 aromatic heterocycles. The van der Waals surface area contributed by atoms with Crippen LogP contribution >= 0.6 is 11.8 Å². The minimum Gasteiger partial charge on any atom is -0.493 e. The normalized spacial score (nSPS) is 17.6. The number of aromatic nitrogens is 4. The van der Waals surface area contributed by atoms with E-state index in [1.165, 1.54) is 43.9 Å². The Balaban J connectivity index is 1.21. The molecule has 8 heteroatoms. The van der Waals surface area contributed by atoms with Crippen LogP contribution in [0.15, 0.2) is 29.4 Å². The lowest BCUT2D eigenvalue weighted by molar-refractivity contribution is -0.113. The van der Waals surface area contributed by atoms with Crippen molar-refractivity contribution in [1.82, 2.24) is 20.2 Å². The molecule has 1 aromatic carbocycles. The number of carbonyl (C=O) groups excluding carboxylic acids is 1. The minimum absolute atomic E-state index is 0.0683. The van der Waals surface area contributed by atoms with E-state index in [9.17, 15) is 4.79 Å². The monoisotopic (exact) mass is 387 g/mol. The van der Waals surface area contributed by atoms with Gasteiger partial charge in [0.15, 0.2) is 0 Å². The van der Waals surface area contributed by atoms with Gasteiger partial charge in [-0.15, -0.1) is 5.10 Å². The Labute approximate surface area is 163 Å². The van der Waals surface area contributed by atoms with Crippen LogP contribution < -0.4 is 10.1 Å². The molecule has 2 saturated carbocycles. The molecule has 0 unspecified atom stereocenters. The van der Waals surface area contributed by atoms with Gasteiger partial charge in [0.1, 0.15) is 5.75 Å². The number of hydrogen-bond acceptors (Lipinski definition) is 6. The highest BCUT2D eigenvalue weighted by atomic mass is 32.2. The molecule has 1 amide bonds. The molecule has 2 fully saturated rings. The Kier molecular flexibility index (Phi) is 5.91. The molecule has 144 valence electrons. The molecule has 2 aromatic rings. The molecule has 4 rings (SSSR count). The second-order valence-corrected chi connectivity index (χ2v) is 8.26. The maximum atomic E-state index is 12.2. The molecule has 0 aliphatic heterocycles. The molecule has 2 aliphatic carbocycles. The summed E-state index contributed by atoms with van der Waals surface area (Å²) in [6.07, 6.45) is 8.78. The van der Waals surface area contributed by atoms with E-state index in [0.29, 0.717) is 17.1 Å². The van der Waals surface area contributed by atoms with E-state index >= 15 is 0 Å². The fraction of sp³-hybridized carbons (Fsp3) is 0.579. The third-order valence-electron chi connectivity index (χ3n) is 5.04. The van der Waals surface area contributed by atoms with Gasteiger partial charge in [0.05, 0.1) is 18.4 Å². The third kappa shape index (κ3) is 5.22. The first-order valence-corrected chi connectivity index (χ1v) is 10.7. The molecule has 7 nitrogen and oxygen atoms in total. The molecular formula is C19H25N5O2S. The fourth-order valence-corrected chi connectivity index (χ4v) is 4.10. The van der Waals surface area contributed by atoms with E-state index in [0.717, 1.165) is 30.9 Å². The zero-order valence-electron chi connectivity index (χ0n) is 15.3. The van der Waals surface area contributed by atoms with Crippen molar-refractivity contribution >= 4 is 23.4 Å². The average Bonchev–Trinajstić information content (AvgIpc) is 3.44. The molecule has 2 aliphatic rings. The van der Waals surface area contributed by atoms with Gasteiger partial charge in [-0.2, -0.15) is 0 Å². The number of nitrogens with one attached hydrogen (secondary N) is 1. The number of thioether (sulfide) groups is 1. The molecule has 0 bridgehead atoms. The zero-order valence-corrected chi connectivity index (χ0v) is 16.2. The Morgan fingerprint density at radius 3 is 2.67 bits per heavy atom. The van der Waals surface area contributed by atoms with E-state index < -0.39 is 0 Å². The van der Waals surface area contributed by atoms with Crippen molar-refractivity contribution < 1.29 is 9.53 Å². The summed E-state index contributed by atoms with van der Waals surface area (Å²) in [4.78, 5) is 12.2. The number of carbonyl (C=O) groups is 1. The van der Waals surface area contributed by atoms with Crippen LogP contribution in [0, 0.1) is 5.92 Å². The lowest BCUT2D eigenvalue weighted by Crippen LogP contribution is -2.16. The number of tetrazole rings is 1. The molecule has 0 radical (unpaired) electrons. The van der Waals surface area contributed by atoms with Crippen molar-refractivity contribution in [3.63, 3.8) is 0 Å². The van der Waals surface area contributed by atoms with Crippen LogP contribution in [0.3, 0.4) is 0 Å². The maximum Gasteiger partial charge on any atom is 0.234 e. The Morgan fingerprint density at radius 2 is 1.93 bits per heavy atom. The first-order chi connectivity index (χ1) is 13.3. The summed E-state index contributed by atoms with van der Waals surface area (Å²) >= 11 is 1.37. The summed E-state index contributed by atoms with van der Waals surface area (Å²) in [5.74, 6) is 1.76. The van der Waals surface area contributed by atoms with E-state index in [2.05, 4.69) is 20.8 Å². The first-order valence-electron chi connectivity index (χ1n) is 9.71. The second kappa shape index (κ2) is 8.73. The second-order valence-electron chi connectivity index (χ2n) is 7.31. The highest BCUT2D eigenvalue weighted by molar-refractivity contribution is 7.99. The van der Waals surface area contributed by atoms with Crippen molar-refractivity contribution in [3.05, 3.63) is 24.3 Å². The molecule has 27 heavy (non-hydrogen) atoms. The third-order valence-corrected chi connectivity index (χ3v) is 5.97. The highest BCUT2D eigenvalue weighted by Crippen LogP contribution is 2.36. The fourth-order valence-electron chi connectivity index (χ4n) is 3.36. The van der Waals surface area contributed by atoms with Crippen LogP contribution in [0.5, 0.6) is 5.75 Å². The summed E-state index contributed by atoms with van der Waals surface area (Å²) in [6, 6.07) is 8.00. The molecule has 0 spiro atoms. The van der Waals surface area contributed by atoms with Crippen LogP contribution in [0.1, 0.15) is 51.0 Å². The summed E-state index contributed by atoms with van der Waals surface area (Å²) in [5.41, 5.74) is 0.771. The van der Waals surface area contributed by atoms with Crippen LogP contribution in [0.4, 0.5) is 5.69 Å². The van der Waals surface area contributed by atoms with Crippen molar-refractivity contribution in [3.8, 4) is 5.75 Å². The van der Waals surface area contributed by atoms with Gasteiger partial charge in [0, 0.05) is 5.69 Å². The summed E-state index contributed by atoms with van der Waals surface area (Å²) in [6.45, 7) is 0.790. The highest BCUT2D eigenvalue weighted by Gasteiger charge is 2.28. The van der Waals surface area contributed by atoms with Gasteiger partial charge in [-0.05, 0) is 66.3 Å². The number of ether oxygens (including phenoxy) is 1. The maximum absolute atomic E-state index is 12.2. The number of hydrogen-bond donors (Lipinski definition) is 1. The summed E-state index contributed by atoms with van der Waals surface area (Å²) < 4.78 is 7.72. The molecule has 1 N–H and O–H groups in total. The number of nitrogens with zero attached hydrogens (tertiary/aromatic N) is 4. The largest absolute Gasteiger partial charge is 0.493 e. The topological polar surface area (TPSA) is 81.9 Å². The lowest BCUT2D eigenvalue weighted by atomic mass is 9.90. The van der Waals surface area contributed by atoms with Gasteiger partial charge >= 0.3 is 0 Å². The van der Waals surface area contributed by atoms with Crippen molar-refractivity contribution in [1.29, 1.82) is 0 Å². The van der Waals surface area contributed by atoms with Gasteiger partial charge in [-0.3, -0.25) is 4.79 Å². The van der Waals surface area contributed by atoms with Crippen LogP contribution in [-0.2, 0) is 4.79 Å². The molecule has 0 atom stereocenters. The zero-order chi connectivity index (χ0) is 18.5. The molecule has 1 heterocycles. The SMILES string of the molecule is O=C(CSc1nnnn1C1CC1)Nc1ccc(OCC2CCCCC2)cc1. The number of rotatable bonds is 8. The quantitative estimate of drug-likeness (QED) is 0.696. The Hall–Kier alpha value is -2.09. The van der Waals surface area contributed by atoms with Crippen LogP contribution in [0.25, 0.3) is 0 Å². The van der Waals surface area contributed by atoms with Gasteiger partial charge in [0.2, 0.25) is 11.1 Å². The predicted octanol–water partition coefficient (Wildman–Crippen LogP) is 3.70. The Bertz CT molecular complexity index is 754. The smallest absolute Gasteiger partial charge is 0.234 e. The predicted molar refractivity (Wildman–Crippen MR) is 104 cm³/mol. The number of amides is 1. The van der Waals surface area contributed by atoms with Gasteiger partial charge in [-0.1, -0.05) is 31.0 Å². The standard InChI is InChI=1S/C19H25N5O2S/c25-18(13-27-19-21-22-23-24(19)16-8-9-16)20-15-6-10-17(11-7-15)26-12-14-4-2-1-3-5-14/h6-7,10-11,14,16H,1-5,8-9,12-13H2,(H,20,25). The van der Waals surface area contributed by atoms with Gasteiger partial charge < -0.3 is 10.1 Å². The Morgan fingerprint density at radius 1 is 1.15 bits per heavy atom. The van der Waals surface area contributed by atoms with Crippen LogP contribution in [0.2, 0.25) is 0 Å². The number of benzene rings is 1. The van der Waals surface area contributed by atoms with E-state index in [4.69, 9.17) is 4.74 Å². The van der Waals surface area contributed by atoms with Crippen molar-refractivity contribution in [2.24, 2.45) is 5.92 Å². The summed E-state index contributed by atoms with van der Waals surface area (Å²) in [5, 5.41) is 15.3. The van der Waals surface area contributed by atoms with Gasteiger partial charge in [-0.25, -0.2) is 4.68 Å². The summed E-state index contributed by atoms with van der Waals surface area (Å²) in [7, 11) is 0. The lowest BCUT2D eigenvalue weighted by Gasteiger charge is -2.21. The van der Waals surface area contributed by atoms with E-state index in [1.54, 1.807) is 0 Å². The molecule has 0 saturated heterocycles. The molecular weight excluding hydrogens is 362 g/mol.